The van der Waals surface area contributed by atoms with Gasteiger partial charge in [-0.2, -0.15) is 0 Å². The molecule has 0 bridgehead atoms. The molecule has 110 valence electrons. The van der Waals surface area contributed by atoms with Crippen molar-refractivity contribution in [2.24, 2.45) is 11.1 Å². The molecule has 0 unspecified atom stereocenters. The molecular weight excluding hydrogens is 286 g/mol. The molecule has 3 rings (SSSR count). The van der Waals surface area contributed by atoms with E-state index in [-0.39, 0.29) is 11.9 Å². The second-order valence-electron chi connectivity index (χ2n) is 5.65. The van der Waals surface area contributed by atoms with Gasteiger partial charge in [-0.15, -0.1) is 0 Å². The van der Waals surface area contributed by atoms with Gasteiger partial charge < -0.3 is 4.84 Å². The Morgan fingerprint density at radius 3 is 2.62 bits per heavy atom. The van der Waals surface area contributed by atoms with Crippen LogP contribution in [0.5, 0.6) is 0 Å². The number of rotatable bonds is 3. The SMILES string of the molecule is O=C(ON=C1CCCCC1=Cc1ccc(Cl)cc1)C1CC1. The molecule has 0 N–H and O–H groups in total. The van der Waals surface area contributed by atoms with E-state index >= 15 is 0 Å². The van der Waals surface area contributed by atoms with E-state index in [1.165, 1.54) is 0 Å². The lowest BCUT2D eigenvalue weighted by Crippen LogP contribution is -2.12. The third-order valence-corrected chi connectivity index (χ3v) is 4.10. The Morgan fingerprint density at radius 1 is 1.19 bits per heavy atom. The summed E-state index contributed by atoms with van der Waals surface area (Å²) >= 11 is 5.90. The maximum Gasteiger partial charge on any atom is 0.338 e. The molecule has 3 nitrogen and oxygen atoms in total. The van der Waals surface area contributed by atoms with Crippen molar-refractivity contribution in [2.75, 3.05) is 0 Å². The first-order valence-corrected chi connectivity index (χ1v) is 7.84. The molecule has 0 saturated heterocycles. The van der Waals surface area contributed by atoms with Crippen LogP contribution in [0.15, 0.2) is 35.0 Å². The standard InChI is InChI=1S/C17H18ClNO2/c18-15-9-5-12(6-10-15)11-14-3-1-2-4-16(14)19-21-17(20)13-7-8-13/h5-6,9-11,13H,1-4,7-8H2. The number of carbonyl (C=O) groups is 1. The zero-order valence-electron chi connectivity index (χ0n) is 11.8. The second kappa shape index (κ2) is 6.44. The average Bonchev–Trinajstić information content (AvgIpc) is 3.33. The second-order valence-corrected chi connectivity index (χ2v) is 6.09. The molecule has 0 radical (unpaired) electrons. The first kappa shape index (κ1) is 14.3. The summed E-state index contributed by atoms with van der Waals surface area (Å²) in [6.45, 7) is 0. The highest BCUT2D eigenvalue weighted by atomic mass is 35.5. The third kappa shape index (κ3) is 3.94. The quantitative estimate of drug-likeness (QED) is 0.604. The lowest BCUT2D eigenvalue weighted by atomic mass is 9.91. The summed E-state index contributed by atoms with van der Waals surface area (Å²) < 4.78 is 0. The summed E-state index contributed by atoms with van der Waals surface area (Å²) in [5.74, 6) is -0.0967. The highest BCUT2D eigenvalue weighted by molar-refractivity contribution is 6.30. The number of nitrogens with zero attached hydrogens (tertiary/aromatic N) is 1. The summed E-state index contributed by atoms with van der Waals surface area (Å²) in [4.78, 5) is 16.7. The fraction of sp³-hybridized carbons (Fsp3) is 0.412. The number of carbonyl (C=O) groups excluding carboxylic acids is 1. The van der Waals surface area contributed by atoms with Crippen LogP contribution in [0.3, 0.4) is 0 Å². The summed E-state index contributed by atoms with van der Waals surface area (Å²) in [5, 5.41) is 4.84. The Bertz CT molecular complexity index is 585. The van der Waals surface area contributed by atoms with Crippen LogP contribution in [-0.4, -0.2) is 11.7 Å². The predicted molar refractivity (Wildman–Crippen MR) is 84.1 cm³/mol. The van der Waals surface area contributed by atoms with Gasteiger partial charge in [-0.05, 0) is 67.9 Å². The Labute approximate surface area is 129 Å². The lowest BCUT2D eigenvalue weighted by molar-refractivity contribution is -0.145. The maximum absolute atomic E-state index is 11.6. The summed E-state index contributed by atoms with van der Waals surface area (Å²) in [6, 6.07) is 7.72. The smallest absolute Gasteiger partial charge is 0.318 e. The normalized spacial score (nSPS) is 22.5. The van der Waals surface area contributed by atoms with Crippen molar-refractivity contribution in [3.63, 3.8) is 0 Å². The van der Waals surface area contributed by atoms with Crippen LogP contribution in [0.4, 0.5) is 0 Å². The largest absolute Gasteiger partial charge is 0.338 e. The Balaban J connectivity index is 1.75. The van der Waals surface area contributed by atoms with Crippen molar-refractivity contribution in [1.29, 1.82) is 0 Å². The highest BCUT2D eigenvalue weighted by Crippen LogP contribution is 2.30. The number of benzene rings is 1. The van der Waals surface area contributed by atoms with Crippen LogP contribution in [0.25, 0.3) is 6.08 Å². The topological polar surface area (TPSA) is 38.7 Å². The van der Waals surface area contributed by atoms with Gasteiger partial charge in [0.1, 0.15) is 0 Å². The number of hydrogen-bond donors (Lipinski definition) is 0. The molecule has 2 fully saturated rings. The van der Waals surface area contributed by atoms with E-state index in [4.69, 9.17) is 16.4 Å². The Hall–Kier alpha value is -1.61. The molecule has 2 saturated carbocycles. The Kier molecular flexibility index (Phi) is 4.39. The molecule has 1 aromatic carbocycles. The molecule has 0 aliphatic heterocycles. The van der Waals surface area contributed by atoms with E-state index in [0.29, 0.717) is 0 Å². The zero-order chi connectivity index (χ0) is 14.7. The number of allylic oxidation sites excluding steroid dienone is 1. The molecule has 4 heteroatoms. The van der Waals surface area contributed by atoms with Crippen molar-refractivity contribution < 1.29 is 9.63 Å². The van der Waals surface area contributed by atoms with Gasteiger partial charge in [-0.25, -0.2) is 4.79 Å². The molecule has 1 aromatic rings. The van der Waals surface area contributed by atoms with E-state index in [2.05, 4.69) is 11.2 Å². The van der Waals surface area contributed by atoms with Gasteiger partial charge in [0, 0.05) is 5.02 Å². The van der Waals surface area contributed by atoms with E-state index in [1.807, 2.05) is 24.3 Å². The first-order valence-electron chi connectivity index (χ1n) is 7.46. The van der Waals surface area contributed by atoms with Gasteiger partial charge in [-0.3, -0.25) is 0 Å². The van der Waals surface area contributed by atoms with Gasteiger partial charge in [0.05, 0.1) is 11.6 Å². The lowest BCUT2D eigenvalue weighted by Gasteiger charge is -2.16. The van der Waals surface area contributed by atoms with Crippen LogP contribution in [-0.2, 0) is 9.63 Å². The average molecular weight is 304 g/mol. The van der Waals surface area contributed by atoms with Crippen LogP contribution < -0.4 is 0 Å². The van der Waals surface area contributed by atoms with Gasteiger partial charge >= 0.3 is 5.97 Å². The molecule has 0 amide bonds. The minimum atomic E-state index is -0.182. The Morgan fingerprint density at radius 2 is 1.90 bits per heavy atom. The molecule has 0 atom stereocenters. The van der Waals surface area contributed by atoms with Gasteiger partial charge in [-0.1, -0.05) is 28.9 Å². The van der Waals surface area contributed by atoms with Crippen molar-refractivity contribution in [3.8, 4) is 0 Å². The fourth-order valence-electron chi connectivity index (χ4n) is 2.43. The van der Waals surface area contributed by atoms with Crippen LogP contribution >= 0.6 is 11.6 Å². The fourth-order valence-corrected chi connectivity index (χ4v) is 2.55. The molecule has 21 heavy (non-hydrogen) atoms. The molecule has 0 heterocycles. The third-order valence-electron chi connectivity index (χ3n) is 3.85. The molecule has 0 spiro atoms. The number of halogens is 1. The number of hydrogen-bond acceptors (Lipinski definition) is 3. The minimum absolute atomic E-state index is 0.0848. The van der Waals surface area contributed by atoms with Crippen LogP contribution in [0.2, 0.25) is 5.02 Å². The van der Waals surface area contributed by atoms with E-state index in [1.54, 1.807) is 0 Å². The van der Waals surface area contributed by atoms with Crippen LogP contribution in [0, 0.1) is 5.92 Å². The molecular formula is C17H18ClNO2. The minimum Gasteiger partial charge on any atom is -0.318 e. The summed E-state index contributed by atoms with van der Waals surface area (Å²) in [7, 11) is 0. The monoisotopic (exact) mass is 303 g/mol. The van der Waals surface area contributed by atoms with Gasteiger partial charge in [0.2, 0.25) is 0 Å². The van der Waals surface area contributed by atoms with Gasteiger partial charge in [0.15, 0.2) is 0 Å². The maximum atomic E-state index is 11.6. The van der Waals surface area contributed by atoms with Crippen molar-refractivity contribution in [1.82, 2.24) is 0 Å². The van der Waals surface area contributed by atoms with Crippen molar-refractivity contribution in [2.45, 2.75) is 38.5 Å². The molecule has 2 aliphatic rings. The van der Waals surface area contributed by atoms with Crippen molar-refractivity contribution >= 4 is 29.4 Å². The van der Waals surface area contributed by atoms with E-state index < -0.39 is 0 Å². The summed E-state index contributed by atoms with van der Waals surface area (Å²) in [6.07, 6.45) is 8.08. The van der Waals surface area contributed by atoms with Crippen molar-refractivity contribution in [3.05, 3.63) is 40.4 Å². The highest BCUT2D eigenvalue weighted by Gasteiger charge is 2.32. The number of oxime groups is 1. The first-order chi connectivity index (χ1) is 10.2. The van der Waals surface area contributed by atoms with E-state index in [9.17, 15) is 4.79 Å². The zero-order valence-corrected chi connectivity index (χ0v) is 12.6. The molecule has 0 aromatic heterocycles. The van der Waals surface area contributed by atoms with E-state index in [0.717, 1.165) is 60.4 Å². The van der Waals surface area contributed by atoms with Gasteiger partial charge in [0.25, 0.3) is 0 Å². The predicted octanol–water partition coefficient (Wildman–Crippen LogP) is 4.61. The molecule has 2 aliphatic carbocycles. The van der Waals surface area contributed by atoms with Crippen LogP contribution in [0.1, 0.15) is 44.1 Å². The summed E-state index contributed by atoms with van der Waals surface area (Å²) in [5.41, 5.74) is 3.16.